The van der Waals surface area contributed by atoms with Gasteiger partial charge in [-0.05, 0) is 36.8 Å². The minimum atomic E-state index is -0.343. The molecular weight excluding hydrogens is 348 g/mol. The number of ether oxygens (including phenoxy) is 2. The van der Waals surface area contributed by atoms with Crippen molar-refractivity contribution in [3.8, 4) is 0 Å². The van der Waals surface area contributed by atoms with E-state index in [1.807, 2.05) is 10.7 Å². The van der Waals surface area contributed by atoms with Crippen molar-refractivity contribution in [3.63, 3.8) is 0 Å². The maximum atomic E-state index is 5.82. The predicted octanol–water partition coefficient (Wildman–Crippen LogP) is 3.12. The van der Waals surface area contributed by atoms with E-state index in [4.69, 9.17) is 26.8 Å². The van der Waals surface area contributed by atoms with E-state index < -0.39 is 0 Å². The standard InChI is InChI=1S/C19H22N4O2S/c1-14-12-17-20-22(18(26)23(17)16-5-3-2-4-15(14)16)13-21-8-6-19(7-9-21)24-10-11-25-19/h2-5,12H,6-11,13H2,1H3. The Morgan fingerprint density at radius 2 is 1.88 bits per heavy atom. The van der Waals surface area contributed by atoms with Crippen LogP contribution in [0, 0.1) is 11.7 Å². The maximum absolute atomic E-state index is 5.82. The van der Waals surface area contributed by atoms with Crippen molar-refractivity contribution in [1.82, 2.24) is 19.1 Å². The number of benzene rings is 1. The molecule has 0 N–H and O–H groups in total. The van der Waals surface area contributed by atoms with Gasteiger partial charge >= 0.3 is 0 Å². The summed E-state index contributed by atoms with van der Waals surface area (Å²) in [5.41, 5.74) is 3.24. The minimum Gasteiger partial charge on any atom is -0.347 e. The van der Waals surface area contributed by atoms with Gasteiger partial charge < -0.3 is 9.47 Å². The largest absolute Gasteiger partial charge is 0.347 e. The van der Waals surface area contributed by atoms with Crippen LogP contribution in [0.25, 0.3) is 16.6 Å². The second-order valence-electron chi connectivity index (χ2n) is 7.19. The lowest BCUT2D eigenvalue weighted by Gasteiger charge is -2.37. The summed E-state index contributed by atoms with van der Waals surface area (Å²) in [5.74, 6) is -0.343. The highest BCUT2D eigenvalue weighted by atomic mass is 32.1. The number of rotatable bonds is 2. The Morgan fingerprint density at radius 3 is 2.65 bits per heavy atom. The average Bonchev–Trinajstić information content (AvgIpc) is 3.23. The Kier molecular flexibility index (Phi) is 3.86. The van der Waals surface area contributed by atoms with E-state index in [2.05, 4.69) is 40.5 Å². The van der Waals surface area contributed by atoms with Crippen LogP contribution in [0.15, 0.2) is 30.3 Å². The number of para-hydroxylation sites is 1. The van der Waals surface area contributed by atoms with Crippen molar-refractivity contribution in [2.45, 2.75) is 32.2 Å². The molecule has 136 valence electrons. The Bertz CT molecular complexity index is 1030. The van der Waals surface area contributed by atoms with Gasteiger partial charge in [0, 0.05) is 31.3 Å². The van der Waals surface area contributed by atoms with Gasteiger partial charge in [0.05, 0.1) is 25.4 Å². The van der Waals surface area contributed by atoms with Crippen molar-refractivity contribution in [1.29, 1.82) is 0 Å². The number of fused-ring (bicyclic) bond motifs is 3. The molecule has 0 amide bonds. The first-order chi connectivity index (χ1) is 12.7. The molecular formula is C19H22N4O2S. The minimum absolute atomic E-state index is 0.343. The molecule has 6 nitrogen and oxygen atoms in total. The van der Waals surface area contributed by atoms with Crippen LogP contribution in [-0.4, -0.2) is 51.2 Å². The Balaban J connectivity index is 1.46. The molecule has 1 spiro atoms. The van der Waals surface area contributed by atoms with E-state index in [1.54, 1.807) is 0 Å². The van der Waals surface area contributed by atoms with Gasteiger partial charge in [0.15, 0.2) is 11.4 Å². The third kappa shape index (κ3) is 2.58. The number of likely N-dealkylation sites (tertiary alicyclic amines) is 1. The maximum Gasteiger partial charge on any atom is 0.204 e. The van der Waals surface area contributed by atoms with Crippen LogP contribution in [0.5, 0.6) is 0 Å². The summed E-state index contributed by atoms with van der Waals surface area (Å²) in [6, 6.07) is 10.5. The fourth-order valence-electron chi connectivity index (χ4n) is 4.12. The number of pyridine rings is 1. The van der Waals surface area contributed by atoms with Gasteiger partial charge in [-0.25, -0.2) is 4.68 Å². The molecule has 7 heteroatoms. The molecule has 5 rings (SSSR count). The van der Waals surface area contributed by atoms with Gasteiger partial charge in [-0.15, -0.1) is 0 Å². The van der Waals surface area contributed by atoms with Crippen LogP contribution in [0.1, 0.15) is 18.4 Å². The highest BCUT2D eigenvalue weighted by Crippen LogP contribution is 2.31. The summed E-state index contributed by atoms with van der Waals surface area (Å²) >= 11 is 5.75. The topological polar surface area (TPSA) is 43.9 Å². The molecule has 2 saturated heterocycles. The number of hydrogen-bond donors (Lipinski definition) is 0. The molecule has 0 aliphatic carbocycles. The number of hydrogen-bond acceptors (Lipinski definition) is 5. The van der Waals surface area contributed by atoms with Crippen molar-refractivity contribution < 1.29 is 9.47 Å². The second-order valence-corrected chi connectivity index (χ2v) is 7.55. The fourth-order valence-corrected chi connectivity index (χ4v) is 4.41. The molecule has 0 saturated carbocycles. The molecule has 4 heterocycles. The molecule has 2 aliphatic rings. The first-order valence-corrected chi connectivity index (χ1v) is 9.54. The van der Waals surface area contributed by atoms with E-state index in [1.165, 1.54) is 10.9 Å². The van der Waals surface area contributed by atoms with E-state index in [-0.39, 0.29) is 5.79 Å². The van der Waals surface area contributed by atoms with Gasteiger partial charge in [-0.2, -0.15) is 5.10 Å². The molecule has 2 aliphatic heterocycles. The number of nitrogens with zero attached hydrogens (tertiary/aromatic N) is 4. The highest BCUT2D eigenvalue weighted by Gasteiger charge is 2.39. The summed E-state index contributed by atoms with van der Waals surface area (Å²) in [7, 11) is 0. The molecule has 1 aromatic carbocycles. The van der Waals surface area contributed by atoms with Gasteiger partial charge in [0.25, 0.3) is 0 Å². The van der Waals surface area contributed by atoms with Crippen LogP contribution in [0.4, 0.5) is 0 Å². The Morgan fingerprint density at radius 1 is 1.15 bits per heavy atom. The summed E-state index contributed by atoms with van der Waals surface area (Å²) in [6.07, 6.45) is 1.80. The first-order valence-electron chi connectivity index (χ1n) is 9.13. The van der Waals surface area contributed by atoms with Crippen LogP contribution < -0.4 is 0 Å². The molecule has 26 heavy (non-hydrogen) atoms. The molecule has 0 bridgehead atoms. The zero-order chi connectivity index (χ0) is 17.7. The van der Waals surface area contributed by atoms with Gasteiger partial charge in [0.1, 0.15) is 0 Å². The predicted molar refractivity (Wildman–Crippen MR) is 102 cm³/mol. The summed E-state index contributed by atoms with van der Waals surface area (Å²) in [5, 5.41) is 5.99. The van der Waals surface area contributed by atoms with Crippen LogP contribution in [0.2, 0.25) is 0 Å². The van der Waals surface area contributed by atoms with Crippen LogP contribution >= 0.6 is 12.2 Å². The lowest BCUT2D eigenvalue weighted by Crippen LogP contribution is -2.45. The molecule has 0 unspecified atom stereocenters. The Hall–Kier alpha value is -1.80. The Labute approximate surface area is 156 Å². The molecule has 2 fully saturated rings. The average molecular weight is 370 g/mol. The lowest BCUT2D eigenvalue weighted by molar-refractivity contribution is -0.187. The van der Waals surface area contributed by atoms with Crippen molar-refractivity contribution in [2.24, 2.45) is 0 Å². The number of aromatic nitrogens is 3. The summed E-state index contributed by atoms with van der Waals surface area (Å²) in [4.78, 5) is 2.37. The van der Waals surface area contributed by atoms with Gasteiger partial charge in [-0.3, -0.25) is 9.30 Å². The van der Waals surface area contributed by atoms with Crippen LogP contribution in [-0.2, 0) is 16.1 Å². The van der Waals surface area contributed by atoms with E-state index in [0.29, 0.717) is 19.9 Å². The summed E-state index contributed by atoms with van der Waals surface area (Å²) < 4.78 is 16.4. The summed E-state index contributed by atoms with van der Waals surface area (Å²) in [6.45, 7) is 6.10. The zero-order valence-corrected chi connectivity index (χ0v) is 15.7. The van der Waals surface area contributed by atoms with Gasteiger partial charge in [-0.1, -0.05) is 18.2 Å². The normalized spacial score (nSPS) is 20.5. The first kappa shape index (κ1) is 16.4. The second kappa shape index (κ2) is 6.13. The van der Waals surface area contributed by atoms with E-state index in [0.717, 1.165) is 41.9 Å². The quantitative estimate of drug-likeness (QED) is 0.649. The molecule has 0 radical (unpaired) electrons. The van der Waals surface area contributed by atoms with Gasteiger partial charge in [0.2, 0.25) is 4.77 Å². The number of piperidine rings is 1. The highest BCUT2D eigenvalue weighted by molar-refractivity contribution is 7.71. The SMILES string of the molecule is Cc1cc2nn(CN3CCC4(CC3)OCCO4)c(=S)n2c2ccccc12. The fraction of sp³-hybridized carbons (Fsp3) is 0.474. The third-order valence-electron chi connectivity index (χ3n) is 5.55. The lowest BCUT2D eigenvalue weighted by atomic mass is 10.0. The monoisotopic (exact) mass is 370 g/mol. The zero-order valence-electron chi connectivity index (χ0n) is 14.9. The third-order valence-corrected chi connectivity index (χ3v) is 5.94. The van der Waals surface area contributed by atoms with E-state index >= 15 is 0 Å². The van der Waals surface area contributed by atoms with Crippen molar-refractivity contribution in [3.05, 3.63) is 40.7 Å². The number of aryl methyl sites for hydroxylation is 1. The van der Waals surface area contributed by atoms with Crippen LogP contribution in [0.3, 0.4) is 0 Å². The molecule has 2 aromatic heterocycles. The molecule has 0 atom stereocenters. The molecule has 3 aromatic rings. The van der Waals surface area contributed by atoms with Crippen molar-refractivity contribution in [2.75, 3.05) is 26.3 Å². The van der Waals surface area contributed by atoms with Crippen molar-refractivity contribution >= 4 is 28.8 Å². The smallest absolute Gasteiger partial charge is 0.204 e. The van der Waals surface area contributed by atoms with E-state index in [9.17, 15) is 0 Å².